The first kappa shape index (κ1) is 21.2. The molecule has 2 aromatic carbocycles. The molecule has 1 aliphatic heterocycles. The fraction of sp³-hybridized carbons (Fsp3) is 0.348. The summed E-state index contributed by atoms with van der Waals surface area (Å²) in [6, 6.07) is 13.5. The van der Waals surface area contributed by atoms with Crippen LogP contribution in [0, 0.1) is 0 Å². The Balaban J connectivity index is 1.80. The maximum absolute atomic E-state index is 13.5. The van der Waals surface area contributed by atoms with Crippen molar-refractivity contribution >= 4 is 15.7 Å². The summed E-state index contributed by atoms with van der Waals surface area (Å²) in [7, 11) is -0.747. The van der Waals surface area contributed by atoms with E-state index in [0.29, 0.717) is 22.9 Å². The van der Waals surface area contributed by atoms with Gasteiger partial charge in [-0.3, -0.25) is 0 Å². The lowest BCUT2D eigenvalue weighted by molar-refractivity contribution is 0.414. The van der Waals surface area contributed by atoms with E-state index in [1.807, 2.05) is 4.90 Å². The second kappa shape index (κ2) is 9.01. The molecule has 164 valence electrons. The predicted octanol–water partition coefficient (Wildman–Crippen LogP) is 4.57. The topological polar surface area (TPSA) is 81.9 Å². The third kappa shape index (κ3) is 4.39. The minimum absolute atomic E-state index is 0.0506. The summed E-state index contributed by atoms with van der Waals surface area (Å²) in [5, 5.41) is -0.0506. The zero-order valence-corrected chi connectivity index (χ0v) is 18.5. The van der Waals surface area contributed by atoms with Crippen molar-refractivity contribution in [2.45, 2.75) is 35.6 Å². The number of nitrogens with zero attached hydrogens (tertiary/aromatic N) is 2. The van der Waals surface area contributed by atoms with Gasteiger partial charge in [0.1, 0.15) is 11.5 Å². The van der Waals surface area contributed by atoms with E-state index < -0.39 is 9.84 Å². The van der Waals surface area contributed by atoms with Crippen molar-refractivity contribution in [3.8, 4) is 23.0 Å². The van der Waals surface area contributed by atoms with Gasteiger partial charge in [-0.15, -0.1) is 0 Å². The van der Waals surface area contributed by atoms with Gasteiger partial charge in [0, 0.05) is 18.7 Å². The molecular weight excluding hydrogens is 416 g/mol. The summed E-state index contributed by atoms with van der Waals surface area (Å²) in [4.78, 5) is 6.62. The Kier molecular flexibility index (Phi) is 6.18. The van der Waals surface area contributed by atoms with E-state index >= 15 is 0 Å². The lowest BCUT2D eigenvalue weighted by Crippen LogP contribution is -2.25. The first-order valence-electron chi connectivity index (χ1n) is 10.3. The molecular formula is C23H26N2O5S. The summed E-state index contributed by atoms with van der Waals surface area (Å²) >= 11 is 0. The molecule has 3 aromatic rings. The largest absolute Gasteiger partial charge is 0.497 e. The zero-order chi connectivity index (χ0) is 21.8. The van der Waals surface area contributed by atoms with Crippen LogP contribution in [-0.2, 0) is 9.84 Å². The summed E-state index contributed by atoms with van der Waals surface area (Å²) in [6.45, 7) is 1.48. The van der Waals surface area contributed by atoms with Gasteiger partial charge in [0.2, 0.25) is 26.6 Å². The molecule has 1 saturated heterocycles. The SMILES string of the molecule is COc1ccc(-c2nc(S(=O)(=O)c3ccc(OC)cc3)c(N3CCCCCC3)o2)cc1. The molecule has 31 heavy (non-hydrogen) atoms. The van der Waals surface area contributed by atoms with E-state index in [0.717, 1.165) is 38.8 Å². The molecule has 4 rings (SSSR count). The number of sulfone groups is 1. The molecule has 1 fully saturated rings. The van der Waals surface area contributed by atoms with Crippen molar-refractivity contribution in [3.05, 3.63) is 48.5 Å². The average molecular weight is 443 g/mol. The van der Waals surface area contributed by atoms with E-state index in [1.54, 1.807) is 50.6 Å². The van der Waals surface area contributed by atoms with E-state index in [1.165, 1.54) is 12.1 Å². The Hall–Kier alpha value is -3.00. The van der Waals surface area contributed by atoms with E-state index in [4.69, 9.17) is 13.9 Å². The van der Waals surface area contributed by atoms with Gasteiger partial charge in [-0.05, 0) is 61.4 Å². The third-order valence-corrected chi connectivity index (χ3v) is 7.10. The van der Waals surface area contributed by atoms with Crippen molar-refractivity contribution in [1.82, 2.24) is 4.98 Å². The molecule has 2 heterocycles. The maximum atomic E-state index is 13.5. The van der Waals surface area contributed by atoms with Gasteiger partial charge in [-0.1, -0.05) is 12.8 Å². The standard InChI is InChI=1S/C23H26N2O5S/c1-28-18-9-7-17(8-10-18)21-24-22(23(30-21)25-15-5-3-4-6-16-25)31(26,27)20-13-11-19(29-2)12-14-20/h7-14H,3-6,15-16H2,1-2H3. The van der Waals surface area contributed by atoms with Crippen molar-refractivity contribution in [1.29, 1.82) is 0 Å². The van der Waals surface area contributed by atoms with Crippen LogP contribution in [0.15, 0.2) is 62.9 Å². The number of oxazole rings is 1. The summed E-state index contributed by atoms with van der Waals surface area (Å²) in [5.41, 5.74) is 0.688. The lowest BCUT2D eigenvalue weighted by Gasteiger charge is -2.20. The van der Waals surface area contributed by atoms with E-state index in [9.17, 15) is 8.42 Å². The highest BCUT2D eigenvalue weighted by Crippen LogP contribution is 2.36. The van der Waals surface area contributed by atoms with Crippen molar-refractivity contribution in [2.24, 2.45) is 0 Å². The molecule has 0 unspecified atom stereocenters. The van der Waals surface area contributed by atoms with Gasteiger partial charge in [0.15, 0.2) is 0 Å². The molecule has 0 N–H and O–H groups in total. The Morgan fingerprint density at radius 3 is 1.94 bits per heavy atom. The molecule has 0 amide bonds. The summed E-state index contributed by atoms with van der Waals surface area (Å²) in [6.07, 6.45) is 4.22. The lowest BCUT2D eigenvalue weighted by atomic mass is 10.2. The summed E-state index contributed by atoms with van der Waals surface area (Å²) in [5.74, 6) is 1.87. The minimum atomic E-state index is -3.88. The second-order valence-electron chi connectivity index (χ2n) is 7.44. The maximum Gasteiger partial charge on any atom is 0.236 e. The number of methoxy groups -OCH3 is 2. The molecule has 1 aromatic heterocycles. The normalized spacial score (nSPS) is 14.8. The smallest absolute Gasteiger partial charge is 0.236 e. The summed E-state index contributed by atoms with van der Waals surface area (Å²) < 4.78 is 43.5. The van der Waals surface area contributed by atoms with Gasteiger partial charge in [0.05, 0.1) is 19.1 Å². The number of benzene rings is 2. The van der Waals surface area contributed by atoms with Crippen LogP contribution in [0.5, 0.6) is 11.5 Å². The third-order valence-electron chi connectivity index (χ3n) is 5.43. The molecule has 0 bridgehead atoms. The first-order valence-corrected chi connectivity index (χ1v) is 11.8. The number of hydrogen-bond donors (Lipinski definition) is 0. The quantitative estimate of drug-likeness (QED) is 0.553. The molecule has 1 aliphatic rings. The highest BCUT2D eigenvalue weighted by molar-refractivity contribution is 7.91. The Morgan fingerprint density at radius 1 is 0.839 bits per heavy atom. The highest BCUT2D eigenvalue weighted by atomic mass is 32.2. The van der Waals surface area contributed by atoms with Crippen LogP contribution >= 0.6 is 0 Å². The van der Waals surface area contributed by atoms with Gasteiger partial charge >= 0.3 is 0 Å². The number of anilines is 1. The highest BCUT2D eigenvalue weighted by Gasteiger charge is 2.31. The predicted molar refractivity (Wildman–Crippen MR) is 118 cm³/mol. The fourth-order valence-electron chi connectivity index (χ4n) is 3.67. The Labute approximate surface area is 182 Å². The van der Waals surface area contributed by atoms with Crippen LogP contribution in [0.3, 0.4) is 0 Å². The molecule has 0 atom stereocenters. The Morgan fingerprint density at radius 2 is 1.39 bits per heavy atom. The van der Waals surface area contributed by atoms with Gasteiger partial charge in [-0.25, -0.2) is 8.42 Å². The second-order valence-corrected chi connectivity index (χ2v) is 9.30. The molecule has 0 spiro atoms. The van der Waals surface area contributed by atoms with Crippen molar-refractivity contribution in [2.75, 3.05) is 32.2 Å². The van der Waals surface area contributed by atoms with Crippen molar-refractivity contribution in [3.63, 3.8) is 0 Å². The number of ether oxygens (including phenoxy) is 2. The minimum Gasteiger partial charge on any atom is -0.497 e. The van der Waals surface area contributed by atoms with Crippen LogP contribution in [-0.4, -0.2) is 40.7 Å². The van der Waals surface area contributed by atoms with Crippen LogP contribution < -0.4 is 14.4 Å². The zero-order valence-electron chi connectivity index (χ0n) is 17.7. The monoisotopic (exact) mass is 442 g/mol. The van der Waals surface area contributed by atoms with Crippen LogP contribution in [0.4, 0.5) is 5.88 Å². The fourth-order valence-corrected chi connectivity index (χ4v) is 4.99. The van der Waals surface area contributed by atoms with Crippen LogP contribution in [0.2, 0.25) is 0 Å². The average Bonchev–Trinajstić information content (AvgIpc) is 3.09. The number of rotatable bonds is 6. The van der Waals surface area contributed by atoms with Crippen molar-refractivity contribution < 1.29 is 22.3 Å². The molecule has 0 saturated carbocycles. The molecule has 7 nitrogen and oxygen atoms in total. The van der Waals surface area contributed by atoms with E-state index in [-0.39, 0.29) is 15.8 Å². The van der Waals surface area contributed by atoms with Gasteiger partial charge in [-0.2, -0.15) is 4.98 Å². The van der Waals surface area contributed by atoms with Crippen LogP contribution in [0.1, 0.15) is 25.7 Å². The molecule has 8 heteroatoms. The number of aromatic nitrogens is 1. The Bertz CT molecular complexity index is 1110. The van der Waals surface area contributed by atoms with Crippen LogP contribution in [0.25, 0.3) is 11.5 Å². The first-order chi connectivity index (χ1) is 15.0. The van der Waals surface area contributed by atoms with E-state index in [2.05, 4.69) is 4.98 Å². The molecule has 0 radical (unpaired) electrons. The number of hydrogen-bond acceptors (Lipinski definition) is 7. The molecule has 0 aliphatic carbocycles. The van der Waals surface area contributed by atoms with Gasteiger partial charge in [0.25, 0.3) is 0 Å². The van der Waals surface area contributed by atoms with Gasteiger partial charge < -0.3 is 18.8 Å².